The minimum Gasteiger partial charge on any atom is -0.481 e. The molecule has 0 aromatic rings. The fourth-order valence-electron chi connectivity index (χ4n) is 1.88. The second-order valence-electron chi connectivity index (χ2n) is 5.57. The van der Waals surface area contributed by atoms with Crippen LogP contribution in [0.3, 0.4) is 0 Å². The van der Waals surface area contributed by atoms with Gasteiger partial charge < -0.3 is 10.2 Å². The van der Waals surface area contributed by atoms with Crippen LogP contribution in [0.1, 0.15) is 51.9 Å². The third-order valence-electron chi connectivity index (χ3n) is 3.21. The van der Waals surface area contributed by atoms with Crippen LogP contribution in [-0.4, -0.2) is 22.3 Å². The van der Waals surface area contributed by atoms with E-state index < -0.39 is 12.1 Å². The highest BCUT2D eigenvalue weighted by Gasteiger charge is 1.92. The van der Waals surface area contributed by atoms with Gasteiger partial charge in [0.25, 0.3) is 0 Å². The number of carboxylic acids is 1. The molecule has 0 heterocycles. The Balaban J connectivity index is 3.72. The van der Waals surface area contributed by atoms with Crippen molar-refractivity contribution < 1.29 is 15.0 Å². The van der Waals surface area contributed by atoms with Gasteiger partial charge in [0.15, 0.2) is 0 Å². The highest BCUT2D eigenvalue weighted by atomic mass is 16.4. The van der Waals surface area contributed by atoms with Gasteiger partial charge in [0.2, 0.25) is 0 Å². The first-order valence-corrected chi connectivity index (χ1v) is 9.01. The first-order valence-electron chi connectivity index (χ1n) is 9.01. The highest BCUT2D eigenvalue weighted by molar-refractivity contribution is 5.66. The number of hydrogen-bond acceptors (Lipinski definition) is 2. The topological polar surface area (TPSA) is 57.5 Å². The van der Waals surface area contributed by atoms with Crippen LogP contribution in [-0.2, 0) is 4.79 Å². The Kier molecular flexibility index (Phi) is 16.7. The van der Waals surface area contributed by atoms with Crippen molar-refractivity contribution in [2.24, 2.45) is 0 Å². The third kappa shape index (κ3) is 19.8. The summed E-state index contributed by atoms with van der Waals surface area (Å²) >= 11 is 0. The number of carbonyl (C=O) groups is 1. The van der Waals surface area contributed by atoms with Crippen LogP contribution in [0.15, 0.2) is 72.9 Å². The molecule has 0 aliphatic rings. The van der Waals surface area contributed by atoms with E-state index in [2.05, 4.69) is 31.2 Å². The van der Waals surface area contributed by atoms with Gasteiger partial charge in [0.1, 0.15) is 0 Å². The maximum atomic E-state index is 10.3. The molecule has 0 radical (unpaired) electrons. The van der Waals surface area contributed by atoms with Crippen molar-refractivity contribution in [1.82, 2.24) is 0 Å². The van der Waals surface area contributed by atoms with Crippen LogP contribution in [0.25, 0.3) is 0 Å². The Bertz CT molecular complexity index is 493. The monoisotopic (exact) mass is 344 g/mol. The van der Waals surface area contributed by atoms with Crippen molar-refractivity contribution in [3.05, 3.63) is 72.9 Å². The summed E-state index contributed by atoms with van der Waals surface area (Å²) in [6.07, 6.45) is 28.6. The number of carboxylic acid groups (broad SMARTS) is 1. The maximum Gasteiger partial charge on any atom is 0.303 e. The lowest BCUT2D eigenvalue weighted by Crippen LogP contribution is -1.98. The van der Waals surface area contributed by atoms with Gasteiger partial charge in [0.05, 0.1) is 6.10 Å². The Labute approximate surface area is 152 Å². The molecular weight excluding hydrogens is 312 g/mol. The summed E-state index contributed by atoms with van der Waals surface area (Å²) < 4.78 is 0. The summed E-state index contributed by atoms with van der Waals surface area (Å²) in [5, 5.41) is 18.3. The number of aliphatic hydroxyl groups excluding tert-OH is 1. The Morgan fingerprint density at radius 2 is 1.52 bits per heavy atom. The third-order valence-corrected chi connectivity index (χ3v) is 3.21. The van der Waals surface area contributed by atoms with Crippen molar-refractivity contribution >= 4 is 5.97 Å². The highest BCUT2D eigenvalue weighted by Crippen LogP contribution is 1.99. The smallest absolute Gasteiger partial charge is 0.303 e. The number of hydrogen-bond donors (Lipinski definition) is 2. The molecule has 0 saturated heterocycles. The van der Waals surface area contributed by atoms with Crippen molar-refractivity contribution in [2.45, 2.75) is 58.0 Å². The molecule has 3 nitrogen and oxygen atoms in total. The molecule has 0 unspecified atom stereocenters. The summed E-state index contributed by atoms with van der Waals surface area (Å²) in [5.74, 6) is -0.756. The van der Waals surface area contributed by atoms with E-state index in [0.29, 0.717) is 12.8 Å². The predicted octanol–water partition coefficient (Wildman–Crippen LogP) is 5.52. The van der Waals surface area contributed by atoms with Gasteiger partial charge in [-0.2, -0.15) is 0 Å². The van der Waals surface area contributed by atoms with Crippen LogP contribution in [0.2, 0.25) is 0 Å². The largest absolute Gasteiger partial charge is 0.481 e. The molecule has 138 valence electrons. The fourth-order valence-corrected chi connectivity index (χ4v) is 1.88. The first kappa shape index (κ1) is 22.9. The summed E-state index contributed by atoms with van der Waals surface area (Å²) in [6, 6.07) is 0. The van der Waals surface area contributed by atoms with Crippen LogP contribution >= 0.6 is 0 Å². The lowest BCUT2D eigenvalue weighted by atomic mass is 10.2. The average molecular weight is 344 g/mol. The lowest BCUT2D eigenvalue weighted by molar-refractivity contribution is -0.136. The van der Waals surface area contributed by atoms with Gasteiger partial charge in [-0.25, -0.2) is 0 Å². The Hall–Kier alpha value is -2.13. The molecule has 2 N–H and O–H groups in total. The van der Waals surface area contributed by atoms with E-state index in [4.69, 9.17) is 5.11 Å². The van der Waals surface area contributed by atoms with Gasteiger partial charge >= 0.3 is 5.97 Å². The number of aliphatic carboxylic acids is 1. The molecule has 0 saturated carbocycles. The van der Waals surface area contributed by atoms with Crippen molar-refractivity contribution in [1.29, 1.82) is 0 Å². The van der Waals surface area contributed by atoms with E-state index in [9.17, 15) is 9.90 Å². The van der Waals surface area contributed by atoms with Crippen LogP contribution in [0.4, 0.5) is 0 Å². The van der Waals surface area contributed by atoms with Gasteiger partial charge in [-0.1, -0.05) is 79.8 Å². The predicted molar refractivity (Wildman–Crippen MR) is 106 cm³/mol. The molecule has 0 aliphatic carbocycles. The molecule has 0 aromatic heterocycles. The molecule has 0 rings (SSSR count). The number of rotatable bonds is 14. The van der Waals surface area contributed by atoms with Gasteiger partial charge in [-0.05, 0) is 38.5 Å². The minimum atomic E-state index is -0.756. The molecule has 1 atom stereocenters. The molecule has 0 aromatic carbocycles. The molecule has 0 bridgehead atoms. The molecular formula is C22H32O3. The SMILES string of the molecule is CC/C=C\C/C=C\C[C@H](O)/C=C/C=C\C=C\CC/C=C\CCC(=O)O. The zero-order valence-electron chi connectivity index (χ0n) is 15.3. The molecule has 0 amide bonds. The van der Waals surface area contributed by atoms with Crippen molar-refractivity contribution in [3.8, 4) is 0 Å². The second kappa shape index (κ2) is 18.2. The van der Waals surface area contributed by atoms with Gasteiger partial charge in [0, 0.05) is 6.42 Å². The quantitative estimate of drug-likeness (QED) is 0.248. The van der Waals surface area contributed by atoms with E-state index in [-0.39, 0.29) is 6.42 Å². The van der Waals surface area contributed by atoms with E-state index in [1.165, 1.54) is 0 Å². The number of unbranched alkanes of at least 4 members (excludes halogenated alkanes) is 1. The normalized spacial score (nSPS) is 14.3. The zero-order chi connectivity index (χ0) is 18.6. The van der Waals surface area contributed by atoms with Crippen molar-refractivity contribution in [3.63, 3.8) is 0 Å². The first-order chi connectivity index (χ1) is 12.2. The van der Waals surface area contributed by atoms with Crippen LogP contribution in [0, 0.1) is 0 Å². The zero-order valence-corrected chi connectivity index (χ0v) is 15.3. The molecule has 0 spiro atoms. The molecule has 0 aliphatic heterocycles. The van der Waals surface area contributed by atoms with E-state index in [0.717, 1.165) is 25.7 Å². The second-order valence-corrected chi connectivity index (χ2v) is 5.57. The summed E-state index contributed by atoms with van der Waals surface area (Å²) in [7, 11) is 0. The van der Waals surface area contributed by atoms with E-state index in [1.54, 1.807) is 6.08 Å². The summed E-state index contributed by atoms with van der Waals surface area (Å²) in [6.45, 7) is 2.11. The Morgan fingerprint density at radius 1 is 0.840 bits per heavy atom. The maximum absolute atomic E-state index is 10.3. The number of allylic oxidation sites excluding steroid dienone is 10. The van der Waals surface area contributed by atoms with E-state index >= 15 is 0 Å². The van der Waals surface area contributed by atoms with Crippen LogP contribution < -0.4 is 0 Å². The van der Waals surface area contributed by atoms with Crippen molar-refractivity contribution in [2.75, 3.05) is 0 Å². The molecule has 3 heteroatoms. The molecule has 0 fully saturated rings. The summed E-state index contributed by atoms with van der Waals surface area (Å²) in [5.41, 5.74) is 0. The Morgan fingerprint density at radius 3 is 2.28 bits per heavy atom. The summed E-state index contributed by atoms with van der Waals surface area (Å²) in [4.78, 5) is 10.3. The minimum absolute atomic E-state index is 0.193. The van der Waals surface area contributed by atoms with Gasteiger partial charge in [-0.15, -0.1) is 0 Å². The fraction of sp³-hybridized carbons (Fsp3) is 0.409. The van der Waals surface area contributed by atoms with E-state index in [1.807, 2.05) is 42.5 Å². The number of aliphatic hydroxyl groups is 1. The standard InChI is InChI=1S/C22H32O3/c1-2-3-4-5-12-15-18-21(23)19-16-13-10-8-6-7-9-11-14-17-20-22(24)25/h3-4,6,8,10-16,19,21,23H,2,5,7,9,17-18,20H2,1H3,(H,24,25)/b4-3-,8-6+,13-10-,14-11-,15-12-,19-16+/t21-/m0/s1. The van der Waals surface area contributed by atoms with Gasteiger partial charge in [-0.3, -0.25) is 4.79 Å². The van der Waals surface area contributed by atoms with Crippen LogP contribution in [0.5, 0.6) is 0 Å². The average Bonchev–Trinajstić information content (AvgIpc) is 2.58. The molecule has 25 heavy (non-hydrogen) atoms. The lowest BCUT2D eigenvalue weighted by Gasteiger charge is -1.98.